The van der Waals surface area contributed by atoms with Gasteiger partial charge in [-0.15, -0.1) is 0 Å². The fourth-order valence-electron chi connectivity index (χ4n) is 2.91. The SMILES string of the molecule is CS(=O)(=O)N(CC(=O)N/N=C\c1ccc(OCC(=O)Nc2cccc(Cl)c2)cc1)c1ccc(I)cc1. The van der Waals surface area contributed by atoms with Crippen LogP contribution in [0, 0.1) is 3.57 Å². The number of halogens is 2. The molecular weight excluding hydrogens is 619 g/mol. The number of amides is 2. The number of carbonyl (C=O) groups is 2. The van der Waals surface area contributed by atoms with Crippen molar-refractivity contribution in [1.82, 2.24) is 5.43 Å². The molecule has 0 aliphatic carbocycles. The van der Waals surface area contributed by atoms with Crippen LogP contribution in [-0.4, -0.2) is 45.9 Å². The van der Waals surface area contributed by atoms with Crippen molar-refractivity contribution < 1.29 is 22.7 Å². The number of hydrogen-bond donors (Lipinski definition) is 2. The van der Waals surface area contributed by atoms with E-state index in [0.717, 1.165) is 14.1 Å². The monoisotopic (exact) mass is 640 g/mol. The van der Waals surface area contributed by atoms with Gasteiger partial charge in [-0.1, -0.05) is 17.7 Å². The number of ether oxygens (including phenoxy) is 1. The van der Waals surface area contributed by atoms with Gasteiger partial charge in [0.15, 0.2) is 6.61 Å². The fraction of sp³-hybridized carbons (Fsp3) is 0.125. The van der Waals surface area contributed by atoms with Crippen LogP contribution in [0.1, 0.15) is 5.56 Å². The maximum absolute atomic E-state index is 12.3. The third-order valence-electron chi connectivity index (χ3n) is 4.56. The Balaban J connectivity index is 1.49. The van der Waals surface area contributed by atoms with Crippen molar-refractivity contribution in [2.24, 2.45) is 5.10 Å². The van der Waals surface area contributed by atoms with Crippen molar-refractivity contribution in [3.63, 3.8) is 0 Å². The van der Waals surface area contributed by atoms with Gasteiger partial charge in [-0.25, -0.2) is 13.8 Å². The molecule has 0 bridgehead atoms. The van der Waals surface area contributed by atoms with Crippen molar-refractivity contribution in [1.29, 1.82) is 0 Å². The summed E-state index contributed by atoms with van der Waals surface area (Å²) in [5, 5.41) is 7.08. The molecule has 3 rings (SSSR count). The smallest absolute Gasteiger partial charge is 0.262 e. The minimum Gasteiger partial charge on any atom is -0.484 e. The van der Waals surface area contributed by atoms with Gasteiger partial charge in [-0.2, -0.15) is 5.10 Å². The van der Waals surface area contributed by atoms with Gasteiger partial charge in [0.25, 0.3) is 11.8 Å². The molecule has 3 aromatic rings. The van der Waals surface area contributed by atoms with Crippen LogP contribution in [0.15, 0.2) is 77.9 Å². The van der Waals surface area contributed by atoms with Gasteiger partial charge < -0.3 is 10.1 Å². The predicted molar refractivity (Wildman–Crippen MR) is 149 cm³/mol. The molecule has 188 valence electrons. The molecule has 2 amide bonds. The third-order valence-corrected chi connectivity index (χ3v) is 6.66. The number of carbonyl (C=O) groups excluding carboxylic acids is 2. The molecule has 3 aromatic carbocycles. The summed E-state index contributed by atoms with van der Waals surface area (Å²) < 4.78 is 31.7. The minimum absolute atomic E-state index is 0.187. The molecule has 0 heterocycles. The molecule has 0 unspecified atom stereocenters. The molecule has 0 atom stereocenters. The van der Waals surface area contributed by atoms with Crippen LogP contribution < -0.4 is 19.8 Å². The van der Waals surface area contributed by atoms with Gasteiger partial charge in [0.1, 0.15) is 12.3 Å². The van der Waals surface area contributed by atoms with E-state index in [1.165, 1.54) is 6.21 Å². The Labute approximate surface area is 227 Å². The molecule has 0 radical (unpaired) electrons. The first-order chi connectivity index (χ1) is 17.1. The molecule has 0 spiro atoms. The first-order valence-corrected chi connectivity index (χ1v) is 13.7. The van der Waals surface area contributed by atoms with E-state index < -0.39 is 22.5 Å². The van der Waals surface area contributed by atoms with Gasteiger partial charge in [0, 0.05) is 14.3 Å². The van der Waals surface area contributed by atoms with Crippen molar-refractivity contribution >= 4 is 73.6 Å². The van der Waals surface area contributed by atoms with Gasteiger partial charge >= 0.3 is 0 Å². The first-order valence-electron chi connectivity index (χ1n) is 10.4. The molecule has 0 saturated carbocycles. The summed E-state index contributed by atoms with van der Waals surface area (Å²) in [6.07, 6.45) is 2.44. The van der Waals surface area contributed by atoms with E-state index in [2.05, 4.69) is 38.4 Å². The van der Waals surface area contributed by atoms with Crippen LogP contribution in [0.5, 0.6) is 5.75 Å². The number of nitrogens with zero attached hydrogens (tertiary/aromatic N) is 2. The number of sulfonamides is 1. The standard InChI is InChI=1S/C24H22ClIN4O5S/c1-36(33,34)30(21-9-7-19(26)8-10-21)15-23(31)29-27-14-17-5-11-22(12-6-17)35-16-24(32)28-20-4-2-3-18(25)13-20/h2-14H,15-16H2,1H3,(H,28,32)(H,29,31)/b27-14-. The normalized spacial score (nSPS) is 11.2. The number of benzene rings is 3. The molecule has 0 aliphatic heterocycles. The van der Waals surface area contributed by atoms with E-state index in [4.69, 9.17) is 16.3 Å². The van der Waals surface area contributed by atoms with Crippen molar-refractivity contribution in [3.05, 3.63) is 87.0 Å². The highest BCUT2D eigenvalue weighted by molar-refractivity contribution is 14.1. The Hall–Kier alpha value is -3.16. The summed E-state index contributed by atoms with van der Waals surface area (Å²) in [6, 6.07) is 20.2. The number of anilines is 2. The van der Waals surface area contributed by atoms with E-state index in [1.54, 1.807) is 72.8 Å². The molecule has 0 aromatic heterocycles. The predicted octanol–water partition coefficient (Wildman–Crippen LogP) is 3.88. The second-order valence-electron chi connectivity index (χ2n) is 7.46. The lowest BCUT2D eigenvalue weighted by molar-refractivity contribution is -0.119. The van der Waals surface area contributed by atoms with E-state index in [9.17, 15) is 18.0 Å². The zero-order valence-electron chi connectivity index (χ0n) is 19.0. The Morgan fingerprint density at radius 2 is 1.75 bits per heavy atom. The molecule has 12 heteroatoms. The van der Waals surface area contributed by atoms with E-state index in [-0.39, 0.29) is 12.5 Å². The van der Waals surface area contributed by atoms with Crippen LogP contribution in [0.4, 0.5) is 11.4 Å². The van der Waals surface area contributed by atoms with Gasteiger partial charge in [0.2, 0.25) is 10.0 Å². The third kappa shape index (κ3) is 8.81. The van der Waals surface area contributed by atoms with Gasteiger partial charge in [0.05, 0.1) is 18.2 Å². The van der Waals surface area contributed by atoms with E-state index >= 15 is 0 Å². The molecule has 0 fully saturated rings. The Morgan fingerprint density at radius 3 is 2.39 bits per heavy atom. The molecule has 2 N–H and O–H groups in total. The largest absolute Gasteiger partial charge is 0.484 e. The van der Waals surface area contributed by atoms with Crippen LogP contribution in [0.25, 0.3) is 0 Å². The molecule has 0 aliphatic rings. The van der Waals surface area contributed by atoms with Crippen LogP contribution in [-0.2, 0) is 19.6 Å². The van der Waals surface area contributed by atoms with Gasteiger partial charge in [-0.05, 0) is 94.9 Å². The molecule has 0 saturated heterocycles. The Kier molecular flexibility index (Phi) is 9.67. The highest BCUT2D eigenvalue weighted by Gasteiger charge is 2.20. The first kappa shape index (κ1) is 27.4. The summed E-state index contributed by atoms with van der Waals surface area (Å²) in [5.74, 6) is -0.460. The average molecular weight is 641 g/mol. The Bertz CT molecular complexity index is 1350. The zero-order chi connectivity index (χ0) is 26.1. The fourth-order valence-corrected chi connectivity index (χ4v) is 4.32. The lowest BCUT2D eigenvalue weighted by atomic mass is 10.2. The second-order valence-corrected chi connectivity index (χ2v) is 11.0. The molecular formula is C24H22ClIN4O5S. The maximum Gasteiger partial charge on any atom is 0.262 e. The quantitative estimate of drug-likeness (QED) is 0.198. The number of nitrogens with one attached hydrogen (secondary N) is 2. The van der Waals surface area contributed by atoms with Crippen LogP contribution in [0.3, 0.4) is 0 Å². The number of hydrazone groups is 1. The maximum atomic E-state index is 12.3. The van der Waals surface area contributed by atoms with Crippen molar-refractivity contribution in [3.8, 4) is 5.75 Å². The topological polar surface area (TPSA) is 117 Å². The summed E-state index contributed by atoms with van der Waals surface area (Å²) in [6.45, 7) is -0.603. The van der Waals surface area contributed by atoms with Crippen molar-refractivity contribution in [2.45, 2.75) is 0 Å². The average Bonchev–Trinajstić information content (AvgIpc) is 2.82. The number of rotatable bonds is 10. The Morgan fingerprint density at radius 1 is 1.06 bits per heavy atom. The van der Waals surface area contributed by atoms with Gasteiger partial charge in [-0.3, -0.25) is 13.9 Å². The molecule has 9 nitrogen and oxygen atoms in total. The van der Waals surface area contributed by atoms with Crippen LogP contribution in [0.2, 0.25) is 5.02 Å². The minimum atomic E-state index is -3.67. The molecule has 36 heavy (non-hydrogen) atoms. The highest BCUT2D eigenvalue weighted by Crippen LogP contribution is 2.19. The lowest BCUT2D eigenvalue weighted by Crippen LogP contribution is -2.39. The highest BCUT2D eigenvalue weighted by atomic mass is 127. The number of hydrogen-bond acceptors (Lipinski definition) is 6. The summed E-state index contributed by atoms with van der Waals surface area (Å²) in [7, 11) is -3.67. The summed E-state index contributed by atoms with van der Waals surface area (Å²) >= 11 is 8.00. The lowest BCUT2D eigenvalue weighted by Gasteiger charge is -2.21. The summed E-state index contributed by atoms with van der Waals surface area (Å²) in [4.78, 5) is 24.3. The zero-order valence-corrected chi connectivity index (χ0v) is 22.7. The van der Waals surface area contributed by atoms with Crippen LogP contribution >= 0.6 is 34.2 Å². The van der Waals surface area contributed by atoms with E-state index in [1.807, 2.05) is 0 Å². The summed E-state index contributed by atoms with van der Waals surface area (Å²) in [5.41, 5.74) is 3.94. The van der Waals surface area contributed by atoms with Crippen molar-refractivity contribution in [2.75, 3.05) is 29.0 Å². The van der Waals surface area contributed by atoms with E-state index in [0.29, 0.717) is 27.7 Å². The second kappa shape index (κ2) is 12.7.